The predicted octanol–water partition coefficient (Wildman–Crippen LogP) is 5.19. The Balaban J connectivity index is 1.51. The monoisotopic (exact) mass is 465 g/mol. The summed E-state index contributed by atoms with van der Waals surface area (Å²) in [5.74, 6) is -0.292. The Morgan fingerprint density at radius 3 is 2.40 bits per heavy atom. The first-order valence-corrected chi connectivity index (χ1v) is 9.50. The molecule has 1 aliphatic rings. The number of nitrogens with zero attached hydrogens (tertiary/aromatic N) is 1. The minimum absolute atomic E-state index is 0.124. The number of hydrogen-bond donors (Lipinski definition) is 0. The number of ether oxygens (including phenoxy) is 2. The Morgan fingerprint density at radius 2 is 1.73 bits per heavy atom. The zero-order chi connectivity index (χ0) is 21.3. The van der Waals surface area contributed by atoms with Gasteiger partial charge in [0.15, 0.2) is 5.76 Å². The predicted molar refractivity (Wildman–Crippen MR) is 112 cm³/mol. The van der Waals surface area contributed by atoms with E-state index in [1.807, 2.05) is 24.3 Å². The summed E-state index contributed by atoms with van der Waals surface area (Å²) in [6.45, 7) is 0. The van der Waals surface area contributed by atoms with Crippen LogP contribution in [0.2, 0.25) is 0 Å². The lowest BCUT2D eigenvalue weighted by Gasteiger charge is -2.05. The van der Waals surface area contributed by atoms with Crippen LogP contribution < -0.4 is 9.47 Å². The number of hydrogen-bond acceptors (Lipinski definition) is 6. The Morgan fingerprint density at radius 1 is 1.03 bits per heavy atom. The maximum atomic E-state index is 12.5. The summed E-state index contributed by atoms with van der Waals surface area (Å²) in [5, 5.41) is 10.7. The van der Waals surface area contributed by atoms with Crippen molar-refractivity contribution in [2.45, 2.75) is 0 Å². The first-order chi connectivity index (χ1) is 14.4. The number of esters is 1. The second-order valence-electron chi connectivity index (χ2n) is 6.34. The molecular weight excluding hydrogens is 454 g/mol. The van der Waals surface area contributed by atoms with Gasteiger partial charge >= 0.3 is 5.97 Å². The number of carbonyl (C=O) groups is 2. The van der Waals surface area contributed by atoms with Gasteiger partial charge in [-0.1, -0.05) is 28.1 Å². The van der Waals surface area contributed by atoms with Crippen LogP contribution >= 0.6 is 15.9 Å². The van der Waals surface area contributed by atoms with Crippen molar-refractivity contribution in [3.8, 4) is 11.5 Å². The number of ketones is 1. The molecule has 0 N–H and O–H groups in total. The van der Waals surface area contributed by atoms with E-state index in [0.717, 1.165) is 10.0 Å². The fourth-order valence-electron chi connectivity index (χ4n) is 2.83. The molecule has 0 atom stereocenters. The van der Waals surface area contributed by atoms with Gasteiger partial charge in [-0.3, -0.25) is 14.9 Å². The van der Waals surface area contributed by atoms with Crippen LogP contribution in [-0.2, 0) is 0 Å². The number of non-ortho nitro benzene ring substituents is 1. The van der Waals surface area contributed by atoms with Gasteiger partial charge in [0.05, 0.1) is 16.1 Å². The van der Waals surface area contributed by atoms with Crippen molar-refractivity contribution in [2.75, 3.05) is 0 Å². The Hall–Kier alpha value is -3.78. The summed E-state index contributed by atoms with van der Waals surface area (Å²) in [4.78, 5) is 35.0. The molecule has 0 aliphatic carbocycles. The van der Waals surface area contributed by atoms with Gasteiger partial charge in [0.1, 0.15) is 11.5 Å². The van der Waals surface area contributed by atoms with Gasteiger partial charge < -0.3 is 9.47 Å². The summed E-state index contributed by atoms with van der Waals surface area (Å²) in [6, 6.07) is 16.9. The van der Waals surface area contributed by atoms with E-state index in [0.29, 0.717) is 5.56 Å². The molecule has 0 bridgehead atoms. The lowest BCUT2D eigenvalue weighted by atomic mass is 10.1. The molecule has 0 unspecified atom stereocenters. The highest BCUT2D eigenvalue weighted by Gasteiger charge is 2.28. The normalized spacial score (nSPS) is 13.6. The van der Waals surface area contributed by atoms with Gasteiger partial charge in [0, 0.05) is 22.7 Å². The molecule has 7 nitrogen and oxygen atoms in total. The highest BCUT2D eigenvalue weighted by Crippen LogP contribution is 2.35. The average molecular weight is 466 g/mol. The Bertz CT molecular complexity index is 1200. The highest BCUT2D eigenvalue weighted by molar-refractivity contribution is 9.10. The van der Waals surface area contributed by atoms with Crippen LogP contribution in [0.3, 0.4) is 0 Å². The van der Waals surface area contributed by atoms with Crippen LogP contribution in [0.4, 0.5) is 5.69 Å². The molecular formula is C22H12BrNO6. The van der Waals surface area contributed by atoms with Gasteiger partial charge in [-0.15, -0.1) is 0 Å². The van der Waals surface area contributed by atoms with E-state index < -0.39 is 10.9 Å². The number of halogens is 1. The van der Waals surface area contributed by atoms with Crippen molar-refractivity contribution >= 4 is 39.4 Å². The summed E-state index contributed by atoms with van der Waals surface area (Å²) in [7, 11) is 0. The van der Waals surface area contributed by atoms with Crippen LogP contribution in [0.25, 0.3) is 6.08 Å². The number of carbonyl (C=O) groups excluding carboxylic acids is 2. The van der Waals surface area contributed by atoms with Crippen LogP contribution in [0.15, 0.2) is 77.0 Å². The molecule has 0 spiro atoms. The van der Waals surface area contributed by atoms with Crippen molar-refractivity contribution in [3.05, 3.63) is 104 Å². The molecule has 4 rings (SSSR count). The van der Waals surface area contributed by atoms with Crippen LogP contribution in [0, 0.1) is 10.1 Å². The molecule has 8 heteroatoms. The van der Waals surface area contributed by atoms with Gasteiger partial charge in [0.25, 0.3) is 5.69 Å². The molecule has 1 aliphatic heterocycles. The number of benzene rings is 3. The van der Waals surface area contributed by atoms with E-state index in [9.17, 15) is 19.7 Å². The first kappa shape index (κ1) is 19.5. The Kier molecular flexibility index (Phi) is 5.16. The third-order valence-corrected chi connectivity index (χ3v) is 4.86. The fourth-order valence-corrected chi connectivity index (χ4v) is 3.09. The SMILES string of the molecule is O=C(Oc1ccc2c(c1)O/C(=C\c1ccc(Br)cc1)C2=O)c1ccc([N+](=O)[O-])cc1. The van der Waals surface area contributed by atoms with Crippen molar-refractivity contribution in [1.82, 2.24) is 0 Å². The Labute approximate surface area is 178 Å². The van der Waals surface area contributed by atoms with Crippen molar-refractivity contribution in [2.24, 2.45) is 0 Å². The van der Waals surface area contributed by atoms with Gasteiger partial charge in [0.2, 0.25) is 5.78 Å². The van der Waals surface area contributed by atoms with Crippen LogP contribution in [0.1, 0.15) is 26.3 Å². The molecule has 0 saturated heterocycles. The van der Waals surface area contributed by atoms with E-state index in [-0.39, 0.29) is 34.3 Å². The standard InChI is InChI=1S/C22H12BrNO6/c23-15-5-1-13(2-6-15)11-20-21(25)18-10-9-17(12-19(18)30-20)29-22(26)14-3-7-16(8-4-14)24(27)28/h1-12H/b20-11-. The second kappa shape index (κ2) is 7.92. The van der Waals surface area contributed by atoms with E-state index in [1.54, 1.807) is 6.08 Å². The smallest absolute Gasteiger partial charge is 0.343 e. The molecule has 0 aromatic heterocycles. The van der Waals surface area contributed by atoms with Crippen molar-refractivity contribution < 1.29 is 24.0 Å². The van der Waals surface area contributed by atoms with Crippen molar-refractivity contribution in [1.29, 1.82) is 0 Å². The molecule has 3 aromatic carbocycles. The zero-order valence-corrected chi connectivity index (χ0v) is 16.8. The van der Waals surface area contributed by atoms with Gasteiger partial charge in [-0.2, -0.15) is 0 Å². The molecule has 0 saturated carbocycles. The van der Waals surface area contributed by atoms with Crippen LogP contribution in [-0.4, -0.2) is 16.7 Å². The zero-order valence-electron chi connectivity index (χ0n) is 15.2. The molecule has 0 amide bonds. The summed E-state index contributed by atoms with van der Waals surface area (Å²) >= 11 is 3.36. The second-order valence-corrected chi connectivity index (χ2v) is 7.26. The molecule has 0 radical (unpaired) electrons. The first-order valence-electron chi connectivity index (χ1n) is 8.71. The molecule has 1 heterocycles. The van der Waals surface area contributed by atoms with Gasteiger partial charge in [-0.05, 0) is 48.0 Å². The molecule has 30 heavy (non-hydrogen) atoms. The minimum atomic E-state index is -0.681. The average Bonchev–Trinajstić information content (AvgIpc) is 3.04. The summed E-state index contributed by atoms with van der Waals surface area (Å²) < 4.78 is 11.9. The number of fused-ring (bicyclic) bond motifs is 1. The van der Waals surface area contributed by atoms with Crippen LogP contribution in [0.5, 0.6) is 11.5 Å². The number of nitro benzene ring substituents is 1. The lowest BCUT2D eigenvalue weighted by Crippen LogP contribution is -2.08. The topological polar surface area (TPSA) is 95.7 Å². The quantitative estimate of drug-likeness (QED) is 0.173. The highest BCUT2D eigenvalue weighted by atomic mass is 79.9. The maximum absolute atomic E-state index is 12.5. The van der Waals surface area contributed by atoms with Gasteiger partial charge in [-0.25, -0.2) is 4.79 Å². The molecule has 148 valence electrons. The molecule has 3 aromatic rings. The summed E-state index contributed by atoms with van der Waals surface area (Å²) in [6.07, 6.45) is 1.64. The van der Waals surface area contributed by atoms with E-state index in [2.05, 4.69) is 15.9 Å². The number of nitro groups is 1. The number of rotatable bonds is 4. The largest absolute Gasteiger partial charge is 0.452 e. The van der Waals surface area contributed by atoms with E-state index >= 15 is 0 Å². The number of Topliss-reactive ketones (excluding diaryl/α,β-unsaturated/α-hetero) is 1. The third kappa shape index (κ3) is 3.99. The third-order valence-electron chi connectivity index (χ3n) is 4.33. The summed E-state index contributed by atoms with van der Waals surface area (Å²) in [5.41, 5.74) is 1.21. The lowest BCUT2D eigenvalue weighted by molar-refractivity contribution is -0.384. The number of allylic oxidation sites excluding steroid dienone is 1. The fraction of sp³-hybridized carbons (Fsp3) is 0. The maximum Gasteiger partial charge on any atom is 0.343 e. The van der Waals surface area contributed by atoms with Crippen molar-refractivity contribution in [3.63, 3.8) is 0 Å². The minimum Gasteiger partial charge on any atom is -0.452 e. The molecule has 0 fully saturated rings. The van der Waals surface area contributed by atoms with E-state index in [1.165, 1.54) is 42.5 Å². The van der Waals surface area contributed by atoms with E-state index in [4.69, 9.17) is 9.47 Å².